The average Bonchev–Trinajstić information content (AvgIpc) is 3.04. The molecule has 3 aromatic rings. The smallest absolute Gasteiger partial charge is 0.293 e. The quantitative estimate of drug-likeness (QED) is 0.533. The van der Waals surface area contributed by atoms with Crippen molar-refractivity contribution in [3.63, 3.8) is 0 Å². The van der Waals surface area contributed by atoms with Gasteiger partial charge < -0.3 is 4.74 Å². The summed E-state index contributed by atoms with van der Waals surface area (Å²) >= 11 is 3.02. The van der Waals surface area contributed by atoms with E-state index in [2.05, 4.69) is 25.3 Å². The summed E-state index contributed by atoms with van der Waals surface area (Å²) in [6.07, 6.45) is 3.32. The Labute approximate surface area is 117 Å². The van der Waals surface area contributed by atoms with Gasteiger partial charge in [0.1, 0.15) is 16.4 Å². The zero-order valence-corrected chi connectivity index (χ0v) is 11.9. The molecule has 0 spiro atoms. The molecule has 0 aliphatic rings. The van der Waals surface area contributed by atoms with E-state index in [1.807, 2.05) is 7.05 Å². The van der Waals surface area contributed by atoms with Crippen LogP contribution in [0.3, 0.4) is 0 Å². The largest absolute Gasteiger partial charge is 0.472 e. The first kappa shape index (κ1) is 12.3. The van der Waals surface area contributed by atoms with Gasteiger partial charge in [0, 0.05) is 7.05 Å². The molecular weight excluding hydrogens is 284 g/mol. The zero-order valence-electron chi connectivity index (χ0n) is 10.3. The number of hydrogen-bond donors (Lipinski definition) is 0. The second kappa shape index (κ2) is 5.10. The minimum atomic E-state index is 0.574. The monoisotopic (exact) mass is 294 g/mol. The number of aryl methyl sites for hydroxylation is 1. The highest BCUT2D eigenvalue weighted by atomic mass is 32.2. The molecule has 0 bridgehead atoms. The van der Waals surface area contributed by atoms with E-state index in [9.17, 15) is 0 Å². The van der Waals surface area contributed by atoms with Crippen molar-refractivity contribution in [1.82, 2.24) is 29.9 Å². The van der Waals surface area contributed by atoms with E-state index >= 15 is 0 Å². The maximum Gasteiger partial charge on any atom is 0.293 e. The summed E-state index contributed by atoms with van der Waals surface area (Å²) in [6, 6.07) is 0. The van der Waals surface area contributed by atoms with E-state index < -0.39 is 0 Å². The SMILES string of the molecule is COc1nnc(CSc2ncnc3c2cnn3C)s1. The Morgan fingerprint density at radius 2 is 2.26 bits per heavy atom. The van der Waals surface area contributed by atoms with Crippen molar-refractivity contribution in [2.24, 2.45) is 7.05 Å². The number of methoxy groups -OCH3 is 1. The molecule has 3 heterocycles. The lowest BCUT2D eigenvalue weighted by Crippen LogP contribution is -1.92. The Hall–Kier alpha value is -1.74. The Bertz CT molecular complexity index is 709. The average molecular weight is 294 g/mol. The number of fused-ring (bicyclic) bond motifs is 1. The van der Waals surface area contributed by atoms with Crippen LogP contribution in [-0.2, 0) is 12.8 Å². The molecule has 19 heavy (non-hydrogen) atoms. The normalized spacial score (nSPS) is 11.1. The van der Waals surface area contributed by atoms with Crippen LogP contribution < -0.4 is 4.74 Å². The van der Waals surface area contributed by atoms with Gasteiger partial charge in [0.05, 0.1) is 24.4 Å². The number of aromatic nitrogens is 6. The van der Waals surface area contributed by atoms with Gasteiger partial charge in [-0.25, -0.2) is 9.97 Å². The minimum Gasteiger partial charge on any atom is -0.472 e. The fourth-order valence-corrected chi connectivity index (χ4v) is 3.16. The van der Waals surface area contributed by atoms with Crippen LogP contribution in [0.15, 0.2) is 17.6 Å². The second-order valence-electron chi connectivity index (χ2n) is 3.64. The summed E-state index contributed by atoms with van der Waals surface area (Å²) in [6.45, 7) is 0. The topological polar surface area (TPSA) is 78.6 Å². The summed E-state index contributed by atoms with van der Waals surface area (Å²) in [4.78, 5) is 8.49. The molecule has 7 nitrogen and oxygen atoms in total. The number of hydrogen-bond acceptors (Lipinski definition) is 8. The van der Waals surface area contributed by atoms with Crippen molar-refractivity contribution in [1.29, 1.82) is 0 Å². The van der Waals surface area contributed by atoms with E-state index in [0.717, 1.165) is 21.1 Å². The summed E-state index contributed by atoms with van der Waals surface area (Å²) in [5.41, 5.74) is 0.826. The zero-order chi connectivity index (χ0) is 13.2. The molecule has 0 saturated heterocycles. The molecule has 0 aromatic carbocycles. The Balaban J connectivity index is 1.81. The maximum atomic E-state index is 5.02. The van der Waals surface area contributed by atoms with Gasteiger partial charge in [-0.05, 0) is 0 Å². The Morgan fingerprint density at radius 3 is 3.05 bits per heavy atom. The van der Waals surface area contributed by atoms with Crippen LogP contribution in [0, 0.1) is 0 Å². The van der Waals surface area contributed by atoms with Crippen LogP contribution in [0.1, 0.15) is 5.01 Å². The first-order valence-corrected chi connectivity index (χ1v) is 7.20. The number of rotatable bonds is 4. The summed E-state index contributed by atoms with van der Waals surface area (Å²) in [7, 11) is 3.44. The second-order valence-corrected chi connectivity index (χ2v) is 5.63. The molecule has 0 unspecified atom stereocenters. The summed E-state index contributed by atoms with van der Waals surface area (Å²) in [5, 5.41) is 15.4. The standard InChI is InChI=1S/C10H10N6OS2/c1-16-8-6(3-13-16)9(12-5-11-8)18-4-7-14-15-10(17-2)19-7/h3,5H,4H2,1-2H3. The lowest BCUT2D eigenvalue weighted by Gasteiger charge is -1.99. The van der Waals surface area contributed by atoms with Gasteiger partial charge in [-0.2, -0.15) is 5.10 Å². The van der Waals surface area contributed by atoms with E-state index in [1.54, 1.807) is 36.1 Å². The molecule has 0 saturated carbocycles. The van der Waals surface area contributed by atoms with E-state index in [1.165, 1.54) is 11.3 Å². The summed E-state index contributed by atoms with van der Waals surface area (Å²) in [5.74, 6) is 0.696. The highest BCUT2D eigenvalue weighted by Crippen LogP contribution is 2.29. The van der Waals surface area contributed by atoms with Crippen molar-refractivity contribution in [3.05, 3.63) is 17.5 Å². The molecule has 0 atom stereocenters. The molecule has 0 aliphatic carbocycles. The molecule has 3 aromatic heterocycles. The molecule has 0 fully saturated rings. The fraction of sp³-hybridized carbons (Fsp3) is 0.300. The van der Waals surface area contributed by atoms with Crippen molar-refractivity contribution in [2.75, 3.05) is 7.11 Å². The molecule has 98 valence electrons. The number of thioether (sulfide) groups is 1. The van der Waals surface area contributed by atoms with Gasteiger partial charge in [0.15, 0.2) is 5.65 Å². The lowest BCUT2D eigenvalue weighted by molar-refractivity contribution is 0.407. The molecule has 0 radical (unpaired) electrons. The van der Waals surface area contributed by atoms with Crippen molar-refractivity contribution < 1.29 is 4.74 Å². The van der Waals surface area contributed by atoms with Gasteiger partial charge >= 0.3 is 0 Å². The first-order valence-electron chi connectivity index (χ1n) is 5.40. The van der Waals surface area contributed by atoms with Gasteiger partial charge in [-0.3, -0.25) is 4.68 Å². The van der Waals surface area contributed by atoms with E-state index in [4.69, 9.17) is 4.74 Å². The van der Waals surface area contributed by atoms with Gasteiger partial charge in [0.2, 0.25) is 0 Å². The summed E-state index contributed by atoms with van der Waals surface area (Å²) < 4.78 is 6.75. The Kier molecular flexibility index (Phi) is 3.30. The maximum absolute atomic E-state index is 5.02. The highest BCUT2D eigenvalue weighted by Gasteiger charge is 2.10. The van der Waals surface area contributed by atoms with Crippen LogP contribution in [-0.4, -0.2) is 37.1 Å². The third-order valence-electron chi connectivity index (χ3n) is 2.45. The van der Waals surface area contributed by atoms with Crippen LogP contribution in [0.4, 0.5) is 0 Å². The van der Waals surface area contributed by atoms with E-state index in [0.29, 0.717) is 10.9 Å². The van der Waals surface area contributed by atoms with Crippen molar-refractivity contribution in [3.8, 4) is 5.19 Å². The molecule has 0 aliphatic heterocycles. The van der Waals surface area contributed by atoms with Crippen LogP contribution >= 0.6 is 23.1 Å². The third kappa shape index (κ3) is 2.38. The fourth-order valence-electron chi connectivity index (χ4n) is 1.56. The predicted octanol–water partition coefficient (Wildman–Crippen LogP) is 1.52. The van der Waals surface area contributed by atoms with Crippen molar-refractivity contribution >= 4 is 34.1 Å². The minimum absolute atomic E-state index is 0.574. The molecule has 9 heteroatoms. The molecule has 0 amide bonds. The highest BCUT2D eigenvalue weighted by molar-refractivity contribution is 7.98. The Morgan fingerprint density at radius 1 is 1.37 bits per heavy atom. The van der Waals surface area contributed by atoms with Gasteiger partial charge in [0.25, 0.3) is 5.19 Å². The van der Waals surface area contributed by atoms with Crippen molar-refractivity contribution in [2.45, 2.75) is 10.8 Å². The molecular formula is C10H10N6OS2. The van der Waals surface area contributed by atoms with Crippen LogP contribution in [0.2, 0.25) is 0 Å². The third-order valence-corrected chi connectivity index (χ3v) is 4.53. The molecule has 0 N–H and O–H groups in total. The lowest BCUT2D eigenvalue weighted by atomic mass is 10.4. The first-order chi connectivity index (χ1) is 9.28. The number of nitrogens with zero attached hydrogens (tertiary/aromatic N) is 6. The van der Waals surface area contributed by atoms with Gasteiger partial charge in [-0.1, -0.05) is 23.1 Å². The molecule has 3 rings (SSSR count). The van der Waals surface area contributed by atoms with E-state index in [-0.39, 0.29) is 0 Å². The number of ether oxygens (including phenoxy) is 1. The van der Waals surface area contributed by atoms with Crippen LogP contribution in [0.25, 0.3) is 11.0 Å². The van der Waals surface area contributed by atoms with Gasteiger partial charge in [-0.15, -0.1) is 10.2 Å². The van der Waals surface area contributed by atoms with Crippen LogP contribution in [0.5, 0.6) is 5.19 Å². The predicted molar refractivity (Wildman–Crippen MR) is 72.3 cm³/mol.